The lowest BCUT2D eigenvalue weighted by molar-refractivity contribution is 0.0750. The molecule has 0 spiro atoms. The highest BCUT2D eigenvalue weighted by Crippen LogP contribution is 2.24. The second kappa shape index (κ2) is 9.02. The van der Waals surface area contributed by atoms with E-state index in [9.17, 15) is 9.18 Å². The Morgan fingerprint density at radius 1 is 1.17 bits per heavy atom. The zero-order valence-electron chi connectivity index (χ0n) is 16.5. The Balaban J connectivity index is 1.36. The summed E-state index contributed by atoms with van der Waals surface area (Å²) in [5.41, 5.74) is 1.78. The van der Waals surface area contributed by atoms with Gasteiger partial charge in [-0.1, -0.05) is 17.7 Å². The van der Waals surface area contributed by atoms with Gasteiger partial charge in [0.15, 0.2) is 0 Å². The zero-order valence-corrected chi connectivity index (χ0v) is 18.0. The summed E-state index contributed by atoms with van der Waals surface area (Å²) in [5, 5.41) is 1.43. The van der Waals surface area contributed by atoms with Crippen LogP contribution in [0.2, 0.25) is 5.02 Å². The van der Waals surface area contributed by atoms with Gasteiger partial charge >= 0.3 is 0 Å². The van der Waals surface area contributed by atoms with Gasteiger partial charge in [-0.3, -0.25) is 4.79 Å². The molecular weight excluding hydrogens is 425 g/mol. The van der Waals surface area contributed by atoms with Crippen LogP contribution in [0, 0.1) is 12.7 Å². The number of nitrogens with zero attached hydrogens (tertiary/aromatic N) is 3. The van der Waals surface area contributed by atoms with Crippen molar-refractivity contribution in [3.8, 4) is 5.75 Å². The number of benzene rings is 2. The molecule has 30 heavy (non-hydrogen) atoms. The normalized spacial score (nSPS) is 14.1. The smallest absolute Gasteiger partial charge is 0.265 e. The first-order valence-corrected chi connectivity index (χ1v) is 10.8. The molecule has 0 unspecified atom stereocenters. The van der Waals surface area contributed by atoms with E-state index in [-0.39, 0.29) is 18.3 Å². The van der Waals surface area contributed by atoms with Gasteiger partial charge in [-0.25, -0.2) is 9.37 Å². The highest BCUT2D eigenvalue weighted by molar-refractivity contribution is 7.13. The number of thiazole rings is 1. The summed E-state index contributed by atoms with van der Waals surface area (Å²) in [6.07, 6.45) is 0. The quantitative estimate of drug-likeness (QED) is 0.566. The molecule has 3 aromatic rings. The van der Waals surface area contributed by atoms with E-state index in [1.165, 1.54) is 23.5 Å². The predicted octanol–water partition coefficient (Wildman–Crippen LogP) is 4.79. The van der Waals surface area contributed by atoms with Crippen LogP contribution in [0.15, 0.2) is 48.5 Å². The predicted molar refractivity (Wildman–Crippen MR) is 117 cm³/mol. The number of aromatic nitrogens is 1. The van der Waals surface area contributed by atoms with Crippen molar-refractivity contribution in [3.05, 3.63) is 74.9 Å². The highest BCUT2D eigenvalue weighted by Gasteiger charge is 2.25. The number of halogens is 2. The van der Waals surface area contributed by atoms with Gasteiger partial charge < -0.3 is 14.5 Å². The summed E-state index contributed by atoms with van der Waals surface area (Å²) in [5.74, 6) is 0.258. The van der Waals surface area contributed by atoms with E-state index in [1.807, 2.05) is 36.1 Å². The molecule has 1 amide bonds. The molecule has 0 atom stereocenters. The number of ether oxygens (including phenoxy) is 1. The summed E-state index contributed by atoms with van der Waals surface area (Å²) in [6.45, 7) is 4.88. The van der Waals surface area contributed by atoms with Crippen molar-refractivity contribution in [1.82, 2.24) is 9.88 Å². The van der Waals surface area contributed by atoms with Gasteiger partial charge in [0, 0.05) is 36.9 Å². The number of rotatable bonds is 5. The largest absolute Gasteiger partial charge is 0.486 e. The maximum absolute atomic E-state index is 13.0. The molecule has 4 rings (SSSR count). The van der Waals surface area contributed by atoms with Gasteiger partial charge in [0.05, 0.1) is 5.69 Å². The first-order chi connectivity index (χ1) is 14.5. The molecule has 0 bridgehead atoms. The van der Waals surface area contributed by atoms with Crippen molar-refractivity contribution in [2.45, 2.75) is 13.5 Å². The second-order valence-corrected chi connectivity index (χ2v) is 8.54. The number of hydrogen-bond donors (Lipinski definition) is 0. The van der Waals surface area contributed by atoms with Crippen LogP contribution in [0.4, 0.5) is 10.1 Å². The number of anilines is 1. The minimum Gasteiger partial charge on any atom is -0.486 e. The van der Waals surface area contributed by atoms with Crippen molar-refractivity contribution >= 4 is 34.5 Å². The molecular formula is C22H21ClFN3O2S. The number of carbonyl (C=O) groups excluding carboxylic acids is 1. The van der Waals surface area contributed by atoms with Crippen LogP contribution in [-0.4, -0.2) is 42.0 Å². The van der Waals surface area contributed by atoms with Crippen molar-refractivity contribution in [3.63, 3.8) is 0 Å². The standard InChI is InChI=1S/C22H21ClFN3O2S/c1-15-21(30-20(25-15)14-29-19-7-5-17(24)6-8-19)22(28)27-11-9-26(10-12-27)18-4-2-3-16(23)13-18/h2-8,13H,9-12,14H2,1H3. The average molecular weight is 446 g/mol. The van der Waals surface area contributed by atoms with E-state index in [2.05, 4.69) is 9.88 Å². The van der Waals surface area contributed by atoms with Crippen LogP contribution in [0.5, 0.6) is 5.75 Å². The molecule has 0 radical (unpaired) electrons. The first kappa shape index (κ1) is 20.6. The number of hydrogen-bond acceptors (Lipinski definition) is 5. The number of piperazine rings is 1. The third-order valence-electron chi connectivity index (χ3n) is 4.95. The van der Waals surface area contributed by atoms with Crippen LogP contribution in [0.1, 0.15) is 20.4 Å². The topological polar surface area (TPSA) is 45.7 Å². The SMILES string of the molecule is Cc1nc(COc2ccc(F)cc2)sc1C(=O)N1CCN(c2cccc(Cl)c2)CC1. The van der Waals surface area contributed by atoms with Crippen LogP contribution in [-0.2, 0) is 6.61 Å². The lowest BCUT2D eigenvalue weighted by atomic mass is 10.2. The molecule has 0 saturated carbocycles. The van der Waals surface area contributed by atoms with E-state index in [0.717, 1.165) is 23.8 Å². The molecule has 5 nitrogen and oxygen atoms in total. The molecule has 1 aliphatic rings. The fourth-order valence-electron chi connectivity index (χ4n) is 3.37. The van der Waals surface area contributed by atoms with Crippen molar-refractivity contribution in [1.29, 1.82) is 0 Å². The summed E-state index contributed by atoms with van der Waals surface area (Å²) in [6, 6.07) is 13.6. The monoisotopic (exact) mass is 445 g/mol. The van der Waals surface area contributed by atoms with E-state index in [4.69, 9.17) is 16.3 Å². The molecule has 8 heteroatoms. The van der Waals surface area contributed by atoms with Crippen molar-refractivity contribution in [2.75, 3.05) is 31.1 Å². The van der Waals surface area contributed by atoms with E-state index < -0.39 is 0 Å². The van der Waals surface area contributed by atoms with Crippen molar-refractivity contribution < 1.29 is 13.9 Å². The van der Waals surface area contributed by atoms with Gasteiger partial charge in [0.2, 0.25) is 0 Å². The van der Waals surface area contributed by atoms with E-state index in [1.54, 1.807) is 12.1 Å². The minimum absolute atomic E-state index is 0.00350. The lowest BCUT2D eigenvalue weighted by Crippen LogP contribution is -2.48. The highest BCUT2D eigenvalue weighted by atomic mass is 35.5. The Morgan fingerprint density at radius 3 is 2.60 bits per heavy atom. The molecule has 0 aliphatic carbocycles. The Kier molecular flexibility index (Phi) is 6.20. The molecule has 156 valence electrons. The Bertz CT molecular complexity index is 1030. The number of aryl methyl sites for hydroxylation is 1. The summed E-state index contributed by atoms with van der Waals surface area (Å²) >= 11 is 7.44. The lowest BCUT2D eigenvalue weighted by Gasteiger charge is -2.36. The summed E-state index contributed by atoms with van der Waals surface area (Å²) in [7, 11) is 0. The second-order valence-electron chi connectivity index (χ2n) is 7.02. The van der Waals surface area contributed by atoms with Gasteiger partial charge in [0.25, 0.3) is 5.91 Å². The summed E-state index contributed by atoms with van der Waals surface area (Å²) < 4.78 is 18.6. The maximum atomic E-state index is 13.0. The van der Waals surface area contributed by atoms with E-state index in [0.29, 0.717) is 34.4 Å². The fraction of sp³-hybridized carbons (Fsp3) is 0.273. The third-order valence-corrected chi connectivity index (χ3v) is 6.31. The molecule has 2 aromatic carbocycles. The van der Waals surface area contributed by atoms with E-state index >= 15 is 0 Å². The van der Waals surface area contributed by atoms with Gasteiger partial charge in [0.1, 0.15) is 28.1 Å². The molecule has 2 heterocycles. The number of amides is 1. The number of carbonyl (C=O) groups is 1. The minimum atomic E-state index is -0.309. The van der Waals surface area contributed by atoms with Crippen LogP contribution < -0.4 is 9.64 Å². The molecule has 1 saturated heterocycles. The van der Waals surface area contributed by atoms with Crippen molar-refractivity contribution in [2.24, 2.45) is 0 Å². The van der Waals surface area contributed by atoms with Crippen LogP contribution >= 0.6 is 22.9 Å². The van der Waals surface area contributed by atoms with Gasteiger partial charge in [-0.15, -0.1) is 11.3 Å². The Hall–Kier alpha value is -2.64. The molecule has 1 aliphatic heterocycles. The fourth-order valence-corrected chi connectivity index (χ4v) is 4.50. The molecule has 0 N–H and O–H groups in total. The summed E-state index contributed by atoms with van der Waals surface area (Å²) in [4.78, 5) is 22.2. The Morgan fingerprint density at radius 2 is 1.90 bits per heavy atom. The first-order valence-electron chi connectivity index (χ1n) is 9.64. The Labute approximate surface area is 183 Å². The van der Waals surface area contributed by atoms with Gasteiger partial charge in [-0.05, 0) is 49.4 Å². The average Bonchev–Trinajstić information content (AvgIpc) is 3.13. The zero-order chi connectivity index (χ0) is 21.1. The van der Waals surface area contributed by atoms with Gasteiger partial charge in [-0.2, -0.15) is 0 Å². The third kappa shape index (κ3) is 4.74. The molecule has 1 aromatic heterocycles. The van der Waals surface area contributed by atoms with Crippen LogP contribution in [0.25, 0.3) is 0 Å². The molecule has 1 fully saturated rings. The maximum Gasteiger partial charge on any atom is 0.265 e. The van der Waals surface area contributed by atoms with Crippen LogP contribution in [0.3, 0.4) is 0 Å².